The molecule has 0 bridgehead atoms. The monoisotopic (exact) mass is 553 g/mol. The molecule has 2 aliphatic heterocycles. The van der Waals surface area contributed by atoms with Gasteiger partial charge in [0.1, 0.15) is 11.9 Å². The maximum absolute atomic E-state index is 13.0. The van der Waals surface area contributed by atoms with E-state index in [1.165, 1.54) is 17.3 Å². The van der Waals surface area contributed by atoms with Crippen molar-refractivity contribution >= 4 is 51.9 Å². The molecule has 2 heterocycles. The minimum absolute atomic E-state index is 0.0588. The predicted molar refractivity (Wildman–Crippen MR) is 160 cm³/mol. The molecule has 0 radical (unpaired) electrons. The Balaban J connectivity index is 1.26. The second-order valence-electron chi connectivity index (χ2n) is 9.97. The van der Waals surface area contributed by atoms with Crippen LogP contribution in [0.1, 0.15) is 42.9 Å². The van der Waals surface area contributed by atoms with Crippen molar-refractivity contribution in [1.82, 2.24) is 10.2 Å². The Hall–Kier alpha value is -4.24. The summed E-state index contributed by atoms with van der Waals surface area (Å²) in [7, 11) is 0. The lowest BCUT2D eigenvalue weighted by atomic mass is 10.0. The van der Waals surface area contributed by atoms with Crippen LogP contribution in [-0.2, 0) is 20.8 Å². The zero-order valence-electron chi connectivity index (χ0n) is 22.5. The molecule has 1 atom stereocenters. The molecule has 0 aliphatic carbocycles. The smallest absolute Gasteiger partial charge is 0.271 e. The Morgan fingerprint density at radius 3 is 2.40 bits per heavy atom. The molecule has 40 heavy (non-hydrogen) atoms. The Bertz CT molecular complexity index is 1470. The van der Waals surface area contributed by atoms with Gasteiger partial charge in [0.15, 0.2) is 5.17 Å². The molecule has 8 nitrogen and oxygen atoms in total. The number of rotatable bonds is 9. The lowest BCUT2D eigenvalue weighted by molar-refractivity contribution is -0.126. The molecule has 0 aromatic heterocycles. The number of amides is 3. The number of anilines is 1. The molecule has 5 rings (SSSR count). The van der Waals surface area contributed by atoms with Crippen LogP contribution < -0.4 is 10.6 Å². The van der Waals surface area contributed by atoms with Gasteiger partial charge < -0.3 is 10.6 Å². The summed E-state index contributed by atoms with van der Waals surface area (Å²) >= 11 is 1.22. The van der Waals surface area contributed by atoms with E-state index in [2.05, 4.69) is 29.5 Å². The summed E-state index contributed by atoms with van der Waals surface area (Å²) in [6, 6.07) is 24.3. The molecule has 2 aliphatic rings. The second-order valence-corrected chi connectivity index (χ2v) is 10.9. The van der Waals surface area contributed by atoms with Crippen LogP contribution in [0.3, 0.4) is 0 Å². The van der Waals surface area contributed by atoms with Crippen molar-refractivity contribution in [2.24, 2.45) is 9.98 Å². The van der Waals surface area contributed by atoms with Gasteiger partial charge in [-0.2, -0.15) is 4.99 Å². The van der Waals surface area contributed by atoms with Crippen LogP contribution in [0.4, 0.5) is 11.4 Å². The zero-order valence-corrected chi connectivity index (χ0v) is 23.3. The summed E-state index contributed by atoms with van der Waals surface area (Å²) in [6.07, 6.45) is 0.638. The fourth-order valence-corrected chi connectivity index (χ4v) is 5.47. The molecule has 3 amide bonds. The van der Waals surface area contributed by atoms with Crippen LogP contribution in [0, 0.1) is 0 Å². The number of hydrogen-bond acceptors (Lipinski definition) is 6. The molecular weight excluding hydrogens is 522 g/mol. The molecule has 2 N–H and O–H groups in total. The number of amidine groups is 2. The second kappa shape index (κ2) is 12.3. The van der Waals surface area contributed by atoms with E-state index in [4.69, 9.17) is 4.99 Å². The van der Waals surface area contributed by atoms with Gasteiger partial charge in [-0.3, -0.25) is 19.3 Å². The quantitative estimate of drug-likeness (QED) is 0.393. The Morgan fingerprint density at radius 2 is 1.65 bits per heavy atom. The van der Waals surface area contributed by atoms with Gasteiger partial charge >= 0.3 is 0 Å². The standard InChI is InChI=1S/C31H31N5O3S/c1-20(2)22-12-14-23(15-13-22)33-28(38)19-40-31-34-25-11-7-6-10-24(25)29-35-30(39)26(36(29)31)18-27(37)32-17-16-21-8-4-3-5-9-21/h3-15,20,26H,16-19H2,1-2H3,(H,32,37)(H,33,38). The third kappa shape index (κ3) is 6.31. The lowest BCUT2D eigenvalue weighted by Gasteiger charge is -2.30. The minimum Gasteiger partial charge on any atom is -0.356 e. The molecule has 0 saturated carbocycles. The summed E-state index contributed by atoms with van der Waals surface area (Å²) in [5.41, 5.74) is 4.43. The maximum Gasteiger partial charge on any atom is 0.271 e. The average molecular weight is 554 g/mol. The number of carbonyl (C=O) groups excluding carboxylic acids is 3. The summed E-state index contributed by atoms with van der Waals surface area (Å²) < 4.78 is 0. The zero-order chi connectivity index (χ0) is 28.1. The van der Waals surface area contributed by atoms with E-state index in [1.54, 1.807) is 4.90 Å². The number of nitrogens with zero attached hydrogens (tertiary/aromatic N) is 3. The highest BCUT2D eigenvalue weighted by molar-refractivity contribution is 8.14. The van der Waals surface area contributed by atoms with E-state index in [-0.39, 0.29) is 24.0 Å². The molecule has 0 saturated heterocycles. The number of fused-ring (bicyclic) bond motifs is 3. The van der Waals surface area contributed by atoms with E-state index in [0.717, 1.165) is 16.8 Å². The minimum atomic E-state index is -0.821. The summed E-state index contributed by atoms with van der Waals surface area (Å²) in [5.74, 6) is 0.128. The van der Waals surface area contributed by atoms with Gasteiger partial charge in [0.2, 0.25) is 11.8 Å². The van der Waals surface area contributed by atoms with Crippen LogP contribution in [0.2, 0.25) is 0 Å². The van der Waals surface area contributed by atoms with Crippen molar-refractivity contribution in [2.45, 2.75) is 38.6 Å². The number of nitrogens with one attached hydrogen (secondary N) is 2. The largest absolute Gasteiger partial charge is 0.356 e. The van der Waals surface area contributed by atoms with Crippen LogP contribution in [0.15, 0.2) is 88.8 Å². The summed E-state index contributed by atoms with van der Waals surface area (Å²) in [6.45, 7) is 4.71. The highest BCUT2D eigenvalue weighted by Crippen LogP contribution is 2.35. The van der Waals surface area contributed by atoms with E-state index in [1.807, 2.05) is 78.9 Å². The molecule has 0 fully saturated rings. The molecule has 0 spiro atoms. The Morgan fingerprint density at radius 1 is 0.925 bits per heavy atom. The van der Waals surface area contributed by atoms with Gasteiger partial charge in [-0.05, 0) is 47.7 Å². The molecule has 204 valence electrons. The lowest BCUT2D eigenvalue weighted by Crippen LogP contribution is -2.46. The topological polar surface area (TPSA) is 103 Å². The van der Waals surface area contributed by atoms with Gasteiger partial charge in [-0.25, -0.2) is 4.99 Å². The van der Waals surface area contributed by atoms with Gasteiger partial charge in [-0.1, -0.05) is 80.2 Å². The summed E-state index contributed by atoms with van der Waals surface area (Å²) in [5, 5.41) is 6.31. The van der Waals surface area contributed by atoms with Crippen LogP contribution in [0.25, 0.3) is 0 Å². The highest BCUT2D eigenvalue weighted by atomic mass is 32.2. The van der Waals surface area contributed by atoms with E-state index in [0.29, 0.717) is 35.6 Å². The normalized spacial score (nSPS) is 15.7. The third-order valence-electron chi connectivity index (χ3n) is 6.76. The fraction of sp³-hybridized carbons (Fsp3) is 0.258. The fourth-order valence-electron chi connectivity index (χ4n) is 4.62. The number of para-hydroxylation sites is 1. The molecule has 3 aromatic carbocycles. The van der Waals surface area contributed by atoms with Crippen molar-refractivity contribution in [3.63, 3.8) is 0 Å². The number of hydrogen-bond donors (Lipinski definition) is 2. The molecule has 3 aromatic rings. The maximum atomic E-state index is 13.0. The number of carbonyl (C=O) groups is 3. The average Bonchev–Trinajstić information content (AvgIpc) is 3.28. The van der Waals surface area contributed by atoms with Gasteiger partial charge in [-0.15, -0.1) is 0 Å². The van der Waals surface area contributed by atoms with Crippen LogP contribution in [0.5, 0.6) is 0 Å². The Labute approximate surface area is 238 Å². The first-order chi connectivity index (χ1) is 19.4. The summed E-state index contributed by atoms with van der Waals surface area (Å²) in [4.78, 5) is 49.4. The molecular formula is C31H31N5O3S. The van der Waals surface area contributed by atoms with Gasteiger partial charge in [0, 0.05) is 17.8 Å². The first kappa shape index (κ1) is 27.3. The van der Waals surface area contributed by atoms with Crippen LogP contribution in [-0.4, -0.2) is 52.0 Å². The van der Waals surface area contributed by atoms with Crippen molar-refractivity contribution in [3.05, 3.63) is 95.6 Å². The molecule has 1 unspecified atom stereocenters. The first-order valence-corrected chi connectivity index (χ1v) is 14.3. The van der Waals surface area contributed by atoms with Gasteiger partial charge in [0.25, 0.3) is 5.91 Å². The third-order valence-corrected chi connectivity index (χ3v) is 7.71. The van der Waals surface area contributed by atoms with E-state index < -0.39 is 11.9 Å². The van der Waals surface area contributed by atoms with Crippen molar-refractivity contribution in [3.8, 4) is 0 Å². The van der Waals surface area contributed by atoms with Gasteiger partial charge in [0.05, 0.1) is 17.9 Å². The number of thioether (sulfide) groups is 1. The highest BCUT2D eigenvalue weighted by Gasteiger charge is 2.42. The van der Waals surface area contributed by atoms with Crippen LogP contribution >= 0.6 is 11.8 Å². The SMILES string of the molecule is CC(C)c1ccc(NC(=O)CSC2=Nc3ccccc3C3=NC(=O)C(CC(=O)NCCc4ccccc4)N23)cc1. The van der Waals surface area contributed by atoms with Crippen molar-refractivity contribution < 1.29 is 14.4 Å². The first-order valence-electron chi connectivity index (χ1n) is 13.3. The predicted octanol–water partition coefficient (Wildman–Crippen LogP) is 4.89. The van der Waals surface area contributed by atoms with E-state index >= 15 is 0 Å². The van der Waals surface area contributed by atoms with E-state index in [9.17, 15) is 14.4 Å². The van der Waals surface area contributed by atoms with Crippen molar-refractivity contribution in [2.75, 3.05) is 17.6 Å². The Kier molecular flexibility index (Phi) is 8.40. The number of aliphatic imine (C=N–C) groups is 2. The number of benzene rings is 3. The van der Waals surface area contributed by atoms with Crippen molar-refractivity contribution in [1.29, 1.82) is 0 Å². The molecule has 9 heteroatoms.